The largest absolute Gasteiger partial charge is 0.416 e. The maximum atomic E-state index is 12.5. The van der Waals surface area contributed by atoms with Gasteiger partial charge in [0.25, 0.3) is 5.91 Å². The van der Waals surface area contributed by atoms with Crippen molar-refractivity contribution in [3.05, 3.63) is 35.4 Å². The first kappa shape index (κ1) is 14.8. The summed E-state index contributed by atoms with van der Waals surface area (Å²) in [4.78, 5) is 13.9. The van der Waals surface area contributed by atoms with E-state index in [0.29, 0.717) is 13.2 Å². The van der Waals surface area contributed by atoms with E-state index >= 15 is 0 Å². The molecule has 6 heteroatoms. The number of carbonyl (C=O) groups is 1. The Morgan fingerprint density at radius 3 is 2.40 bits per heavy atom. The first-order chi connectivity index (χ1) is 9.29. The molecule has 1 aromatic carbocycles. The molecule has 3 nitrogen and oxygen atoms in total. The van der Waals surface area contributed by atoms with Crippen LogP contribution in [0.3, 0.4) is 0 Å². The SMILES string of the molecule is C[C@@H]1CN(C(=O)c2ccc(C(F)(F)F)cc2)[C@H](C)CO1. The first-order valence-electron chi connectivity index (χ1n) is 6.39. The standard InChI is InChI=1S/C14H16F3NO2/c1-9-8-20-10(2)7-18(9)13(19)11-3-5-12(6-4-11)14(15,16)17/h3-6,9-10H,7-8H2,1-2H3/t9-,10-/m1/s1. The lowest BCUT2D eigenvalue weighted by molar-refractivity contribution is -0.137. The molecule has 20 heavy (non-hydrogen) atoms. The summed E-state index contributed by atoms with van der Waals surface area (Å²) in [7, 11) is 0. The highest BCUT2D eigenvalue weighted by molar-refractivity contribution is 5.94. The number of amides is 1. The van der Waals surface area contributed by atoms with E-state index in [1.54, 1.807) is 4.90 Å². The number of carbonyl (C=O) groups excluding carboxylic acids is 1. The van der Waals surface area contributed by atoms with Crippen molar-refractivity contribution < 1.29 is 22.7 Å². The van der Waals surface area contributed by atoms with Crippen LogP contribution >= 0.6 is 0 Å². The average Bonchev–Trinajstić information content (AvgIpc) is 2.40. The molecule has 1 aliphatic rings. The van der Waals surface area contributed by atoms with E-state index < -0.39 is 11.7 Å². The van der Waals surface area contributed by atoms with Gasteiger partial charge in [-0.15, -0.1) is 0 Å². The minimum absolute atomic E-state index is 0.0652. The fourth-order valence-electron chi connectivity index (χ4n) is 2.15. The summed E-state index contributed by atoms with van der Waals surface area (Å²) in [6.45, 7) is 4.60. The number of rotatable bonds is 1. The van der Waals surface area contributed by atoms with E-state index in [2.05, 4.69) is 0 Å². The van der Waals surface area contributed by atoms with Gasteiger partial charge in [0.2, 0.25) is 0 Å². The van der Waals surface area contributed by atoms with Crippen LogP contribution in [0.15, 0.2) is 24.3 Å². The minimum atomic E-state index is -4.39. The van der Waals surface area contributed by atoms with E-state index in [9.17, 15) is 18.0 Å². The Bertz CT molecular complexity index is 484. The van der Waals surface area contributed by atoms with Crippen molar-refractivity contribution >= 4 is 5.91 Å². The number of benzene rings is 1. The molecule has 1 aliphatic heterocycles. The van der Waals surface area contributed by atoms with Crippen LogP contribution < -0.4 is 0 Å². The molecule has 2 atom stereocenters. The van der Waals surface area contributed by atoms with Gasteiger partial charge in [0.1, 0.15) is 0 Å². The molecule has 0 saturated carbocycles. The number of halogens is 3. The second kappa shape index (κ2) is 5.44. The zero-order valence-corrected chi connectivity index (χ0v) is 11.3. The summed E-state index contributed by atoms with van der Waals surface area (Å²) in [6, 6.07) is 4.22. The Morgan fingerprint density at radius 1 is 1.25 bits per heavy atom. The van der Waals surface area contributed by atoms with E-state index in [0.717, 1.165) is 12.1 Å². The number of hydrogen-bond acceptors (Lipinski definition) is 2. The highest BCUT2D eigenvalue weighted by Crippen LogP contribution is 2.29. The van der Waals surface area contributed by atoms with Crippen LogP contribution in [-0.2, 0) is 10.9 Å². The third kappa shape index (κ3) is 3.12. The quantitative estimate of drug-likeness (QED) is 0.794. The van der Waals surface area contributed by atoms with Gasteiger partial charge in [-0.2, -0.15) is 13.2 Å². The fraction of sp³-hybridized carbons (Fsp3) is 0.500. The Morgan fingerprint density at radius 2 is 1.85 bits per heavy atom. The Labute approximate surface area is 115 Å². The lowest BCUT2D eigenvalue weighted by Gasteiger charge is -2.36. The highest BCUT2D eigenvalue weighted by Gasteiger charge is 2.31. The molecule has 1 fully saturated rings. The van der Waals surface area contributed by atoms with E-state index in [1.165, 1.54) is 12.1 Å². The summed E-state index contributed by atoms with van der Waals surface area (Å²) in [5.41, 5.74) is -0.489. The number of alkyl halides is 3. The lowest BCUT2D eigenvalue weighted by Crippen LogP contribution is -2.50. The molecular weight excluding hydrogens is 271 g/mol. The van der Waals surface area contributed by atoms with Crippen molar-refractivity contribution in [3.8, 4) is 0 Å². The summed E-state index contributed by atoms with van der Waals surface area (Å²) in [5, 5.41) is 0. The Kier molecular flexibility index (Phi) is 4.04. The first-order valence-corrected chi connectivity index (χ1v) is 6.39. The summed E-state index contributed by atoms with van der Waals surface area (Å²) < 4.78 is 42.9. The monoisotopic (exact) mass is 287 g/mol. The van der Waals surface area contributed by atoms with E-state index in [4.69, 9.17) is 4.74 Å². The molecule has 1 aromatic rings. The second-order valence-electron chi connectivity index (χ2n) is 5.03. The van der Waals surface area contributed by atoms with Crippen LogP contribution in [0.1, 0.15) is 29.8 Å². The predicted octanol–water partition coefficient (Wildman–Crippen LogP) is 2.95. The van der Waals surface area contributed by atoms with Crippen molar-refractivity contribution in [2.75, 3.05) is 13.2 Å². The van der Waals surface area contributed by atoms with Gasteiger partial charge in [0.15, 0.2) is 0 Å². The van der Waals surface area contributed by atoms with Gasteiger partial charge in [-0.3, -0.25) is 4.79 Å². The molecule has 0 aromatic heterocycles. The maximum Gasteiger partial charge on any atom is 0.416 e. The Hall–Kier alpha value is -1.56. The average molecular weight is 287 g/mol. The zero-order valence-electron chi connectivity index (χ0n) is 11.3. The van der Waals surface area contributed by atoms with Gasteiger partial charge >= 0.3 is 6.18 Å². The zero-order chi connectivity index (χ0) is 14.9. The lowest BCUT2D eigenvalue weighted by atomic mass is 10.1. The van der Waals surface area contributed by atoms with E-state index in [-0.39, 0.29) is 23.6 Å². The predicted molar refractivity (Wildman–Crippen MR) is 67.4 cm³/mol. The van der Waals surface area contributed by atoms with Crippen LogP contribution in [0.4, 0.5) is 13.2 Å². The number of hydrogen-bond donors (Lipinski definition) is 0. The molecule has 0 radical (unpaired) electrons. The van der Waals surface area contributed by atoms with Crippen LogP contribution in [0.2, 0.25) is 0 Å². The topological polar surface area (TPSA) is 29.5 Å². The van der Waals surface area contributed by atoms with Crippen molar-refractivity contribution in [2.45, 2.75) is 32.2 Å². The van der Waals surface area contributed by atoms with Crippen molar-refractivity contribution in [1.82, 2.24) is 4.90 Å². The number of nitrogens with zero attached hydrogens (tertiary/aromatic N) is 1. The van der Waals surface area contributed by atoms with Crippen LogP contribution in [0.5, 0.6) is 0 Å². The molecule has 2 rings (SSSR count). The van der Waals surface area contributed by atoms with Gasteiger partial charge < -0.3 is 9.64 Å². The number of morpholine rings is 1. The van der Waals surface area contributed by atoms with Crippen LogP contribution in [0, 0.1) is 0 Å². The molecule has 0 N–H and O–H groups in total. The summed E-state index contributed by atoms with van der Waals surface area (Å²) >= 11 is 0. The molecule has 0 unspecified atom stereocenters. The Balaban J connectivity index is 2.16. The van der Waals surface area contributed by atoms with Crippen LogP contribution in [0.25, 0.3) is 0 Å². The molecule has 1 amide bonds. The minimum Gasteiger partial charge on any atom is -0.375 e. The highest BCUT2D eigenvalue weighted by atomic mass is 19.4. The molecule has 110 valence electrons. The van der Waals surface area contributed by atoms with E-state index in [1.807, 2.05) is 13.8 Å². The molecule has 1 saturated heterocycles. The molecule has 0 bridgehead atoms. The third-order valence-corrected chi connectivity index (χ3v) is 3.33. The van der Waals surface area contributed by atoms with Crippen molar-refractivity contribution in [2.24, 2.45) is 0 Å². The molecule has 0 spiro atoms. The van der Waals surface area contributed by atoms with Crippen molar-refractivity contribution in [1.29, 1.82) is 0 Å². The second-order valence-corrected chi connectivity index (χ2v) is 5.03. The van der Waals surface area contributed by atoms with Crippen LogP contribution in [-0.4, -0.2) is 36.1 Å². The smallest absolute Gasteiger partial charge is 0.375 e. The molecule has 0 aliphatic carbocycles. The fourth-order valence-corrected chi connectivity index (χ4v) is 2.15. The normalized spacial score (nSPS) is 23.8. The number of ether oxygens (including phenoxy) is 1. The van der Waals surface area contributed by atoms with Gasteiger partial charge in [-0.1, -0.05) is 0 Å². The molecule has 1 heterocycles. The van der Waals surface area contributed by atoms with Gasteiger partial charge in [0, 0.05) is 12.1 Å². The molecular formula is C14H16F3NO2. The van der Waals surface area contributed by atoms with Gasteiger partial charge in [-0.05, 0) is 38.1 Å². The van der Waals surface area contributed by atoms with Gasteiger partial charge in [-0.25, -0.2) is 0 Å². The van der Waals surface area contributed by atoms with Crippen molar-refractivity contribution in [3.63, 3.8) is 0 Å². The van der Waals surface area contributed by atoms with Gasteiger partial charge in [0.05, 0.1) is 24.3 Å². The summed E-state index contributed by atoms with van der Waals surface area (Å²) in [6.07, 6.45) is -4.45. The third-order valence-electron chi connectivity index (χ3n) is 3.33. The summed E-state index contributed by atoms with van der Waals surface area (Å²) in [5.74, 6) is -0.263. The maximum absolute atomic E-state index is 12.5.